The molecule has 3 N–H and O–H groups in total. The normalized spacial score (nSPS) is 30.7. The van der Waals surface area contributed by atoms with Crippen LogP contribution in [0.2, 0.25) is 0 Å². The number of anilines is 1. The van der Waals surface area contributed by atoms with Gasteiger partial charge in [0, 0.05) is 23.7 Å². The Bertz CT molecular complexity index is 437. The van der Waals surface area contributed by atoms with E-state index in [1.54, 1.807) is 6.20 Å². The van der Waals surface area contributed by atoms with Crippen molar-refractivity contribution in [3.63, 3.8) is 0 Å². The predicted octanol–water partition coefficient (Wildman–Crippen LogP) is 2.27. The highest BCUT2D eigenvalue weighted by Crippen LogP contribution is 2.45. The van der Waals surface area contributed by atoms with Crippen molar-refractivity contribution in [2.75, 3.05) is 12.3 Å². The number of pyridine rings is 1. The maximum absolute atomic E-state index is 6.07. The van der Waals surface area contributed by atoms with E-state index in [0.717, 1.165) is 24.9 Å². The van der Waals surface area contributed by atoms with Crippen LogP contribution in [-0.4, -0.2) is 23.7 Å². The molecule has 2 aliphatic rings. The Hall–Kier alpha value is -1.13. The number of nitrogen functional groups attached to an aromatic ring is 1. The van der Waals surface area contributed by atoms with Crippen molar-refractivity contribution in [2.45, 2.75) is 50.9 Å². The second-order valence-corrected chi connectivity index (χ2v) is 5.68. The molecule has 4 heteroatoms. The first-order chi connectivity index (χ1) is 9.29. The van der Waals surface area contributed by atoms with Crippen LogP contribution in [-0.2, 0) is 4.74 Å². The SMILES string of the molecule is CCCNC(c1cccnc1N)C1CC2CCC1O2. The maximum Gasteiger partial charge on any atom is 0.128 e. The van der Waals surface area contributed by atoms with Gasteiger partial charge in [-0.1, -0.05) is 13.0 Å². The van der Waals surface area contributed by atoms with E-state index in [-0.39, 0.29) is 6.04 Å². The minimum Gasteiger partial charge on any atom is -0.383 e. The fraction of sp³-hybridized carbons (Fsp3) is 0.667. The number of nitrogens with zero attached hydrogens (tertiary/aromatic N) is 1. The summed E-state index contributed by atoms with van der Waals surface area (Å²) >= 11 is 0. The van der Waals surface area contributed by atoms with Crippen molar-refractivity contribution >= 4 is 5.82 Å². The third kappa shape index (κ3) is 2.47. The van der Waals surface area contributed by atoms with Gasteiger partial charge in [0.2, 0.25) is 0 Å². The molecule has 0 saturated carbocycles. The Morgan fingerprint density at radius 1 is 1.53 bits per heavy atom. The molecule has 4 atom stereocenters. The summed E-state index contributed by atoms with van der Waals surface area (Å²) in [6.45, 7) is 3.20. The van der Waals surface area contributed by atoms with Gasteiger partial charge < -0.3 is 15.8 Å². The lowest BCUT2D eigenvalue weighted by molar-refractivity contribution is 0.0857. The van der Waals surface area contributed by atoms with Crippen molar-refractivity contribution < 1.29 is 4.74 Å². The van der Waals surface area contributed by atoms with Crippen LogP contribution in [0.4, 0.5) is 5.82 Å². The van der Waals surface area contributed by atoms with Crippen molar-refractivity contribution in [2.24, 2.45) is 5.92 Å². The molecule has 4 unspecified atom stereocenters. The van der Waals surface area contributed by atoms with E-state index in [0.29, 0.717) is 23.9 Å². The zero-order valence-electron chi connectivity index (χ0n) is 11.5. The Morgan fingerprint density at radius 2 is 2.42 bits per heavy atom. The average Bonchev–Trinajstić information content (AvgIpc) is 3.04. The summed E-state index contributed by atoms with van der Waals surface area (Å²) in [5.74, 6) is 1.19. The summed E-state index contributed by atoms with van der Waals surface area (Å²) in [5.41, 5.74) is 7.20. The predicted molar refractivity (Wildman–Crippen MR) is 75.7 cm³/mol. The average molecular weight is 261 g/mol. The number of aromatic nitrogens is 1. The summed E-state index contributed by atoms with van der Waals surface area (Å²) in [4.78, 5) is 4.24. The van der Waals surface area contributed by atoms with Crippen LogP contribution in [0.3, 0.4) is 0 Å². The van der Waals surface area contributed by atoms with Gasteiger partial charge in [0.1, 0.15) is 5.82 Å². The van der Waals surface area contributed by atoms with Crippen LogP contribution < -0.4 is 11.1 Å². The van der Waals surface area contributed by atoms with Gasteiger partial charge in [-0.15, -0.1) is 0 Å². The molecule has 19 heavy (non-hydrogen) atoms. The van der Waals surface area contributed by atoms with Crippen LogP contribution in [0.1, 0.15) is 44.2 Å². The molecular formula is C15H23N3O. The molecule has 2 saturated heterocycles. The molecule has 4 nitrogen and oxygen atoms in total. The Balaban J connectivity index is 1.83. The van der Waals surface area contributed by atoms with E-state index in [1.165, 1.54) is 12.8 Å². The Labute approximate surface area is 114 Å². The molecule has 0 aliphatic carbocycles. The minimum atomic E-state index is 0.281. The number of rotatable bonds is 5. The van der Waals surface area contributed by atoms with Gasteiger partial charge in [0.05, 0.1) is 12.2 Å². The highest BCUT2D eigenvalue weighted by molar-refractivity contribution is 5.41. The molecule has 2 bridgehead atoms. The van der Waals surface area contributed by atoms with E-state index >= 15 is 0 Å². The van der Waals surface area contributed by atoms with Gasteiger partial charge in [-0.2, -0.15) is 0 Å². The lowest BCUT2D eigenvalue weighted by Crippen LogP contribution is -2.34. The summed E-state index contributed by atoms with van der Waals surface area (Å²) in [7, 11) is 0. The molecule has 0 amide bonds. The second kappa shape index (κ2) is 5.47. The number of hydrogen-bond acceptors (Lipinski definition) is 4. The second-order valence-electron chi connectivity index (χ2n) is 5.68. The van der Waals surface area contributed by atoms with E-state index in [2.05, 4.69) is 23.3 Å². The van der Waals surface area contributed by atoms with Crippen molar-refractivity contribution in [3.05, 3.63) is 23.9 Å². The standard InChI is InChI=1S/C15H23N3O/c1-2-7-17-14(11-4-3-8-18-15(11)16)12-9-10-5-6-13(12)19-10/h3-4,8,10,12-14,17H,2,5-7,9H2,1H3,(H2,16,18). The van der Waals surface area contributed by atoms with E-state index in [4.69, 9.17) is 10.5 Å². The van der Waals surface area contributed by atoms with Crippen LogP contribution >= 0.6 is 0 Å². The highest BCUT2D eigenvalue weighted by atomic mass is 16.5. The third-order valence-corrected chi connectivity index (χ3v) is 4.40. The smallest absolute Gasteiger partial charge is 0.128 e. The molecule has 2 fully saturated rings. The zero-order valence-corrected chi connectivity index (χ0v) is 11.5. The van der Waals surface area contributed by atoms with E-state index in [1.807, 2.05) is 6.07 Å². The largest absolute Gasteiger partial charge is 0.383 e. The molecule has 3 rings (SSSR count). The Kier molecular flexibility index (Phi) is 3.71. The van der Waals surface area contributed by atoms with Crippen LogP contribution in [0.5, 0.6) is 0 Å². The zero-order chi connectivity index (χ0) is 13.2. The summed E-state index contributed by atoms with van der Waals surface area (Å²) in [5, 5.41) is 3.65. The van der Waals surface area contributed by atoms with Crippen LogP contribution in [0.15, 0.2) is 18.3 Å². The molecular weight excluding hydrogens is 238 g/mol. The number of nitrogens with two attached hydrogens (primary N) is 1. The lowest BCUT2D eigenvalue weighted by Gasteiger charge is -2.30. The molecule has 0 radical (unpaired) electrons. The Morgan fingerprint density at radius 3 is 3.05 bits per heavy atom. The first kappa shape index (κ1) is 12.9. The van der Waals surface area contributed by atoms with Crippen LogP contribution in [0, 0.1) is 5.92 Å². The molecule has 0 spiro atoms. The monoisotopic (exact) mass is 261 g/mol. The van der Waals surface area contributed by atoms with Crippen molar-refractivity contribution in [3.8, 4) is 0 Å². The van der Waals surface area contributed by atoms with Crippen molar-refractivity contribution in [1.29, 1.82) is 0 Å². The fourth-order valence-corrected chi connectivity index (χ4v) is 3.51. The molecule has 104 valence electrons. The first-order valence-electron chi connectivity index (χ1n) is 7.38. The number of fused-ring (bicyclic) bond motifs is 2. The van der Waals surface area contributed by atoms with Gasteiger partial charge in [-0.25, -0.2) is 4.98 Å². The van der Waals surface area contributed by atoms with Crippen molar-refractivity contribution in [1.82, 2.24) is 10.3 Å². The highest BCUT2D eigenvalue weighted by Gasteiger charge is 2.45. The molecule has 1 aromatic rings. The number of ether oxygens (including phenoxy) is 1. The lowest BCUT2D eigenvalue weighted by atomic mass is 9.81. The molecule has 2 aliphatic heterocycles. The van der Waals surface area contributed by atoms with Gasteiger partial charge in [-0.3, -0.25) is 0 Å². The third-order valence-electron chi connectivity index (χ3n) is 4.40. The van der Waals surface area contributed by atoms with Crippen LogP contribution in [0.25, 0.3) is 0 Å². The summed E-state index contributed by atoms with van der Waals surface area (Å²) < 4.78 is 6.01. The van der Waals surface area contributed by atoms with Gasteiger partial charge >= 0.3 is 0 Å². The number of nitrogens with one attached hydrogen (secondary N) is 1. The minimum absolute atomic E-state index is 0.281. The summed E-state index contributed by atoms with van der Waals surface area (Å²) in [6, 6.07) is 4.35. The first-order valence-corrected chi connectivity index (χ1v) is 7.38. The molecule has 1 aromatic heterocycles. The van der Waals surface area contributed by atoms with Gasteiger partial charge in [0.15, 0.2) is 0 Å². The quantitative estimate of drug-likeness (QED) is 0.853. The molecule has 0 aromatic carbocycles. The van der Waals surface area contributed by atoms with E-state index < -0.39 is 0 Å². The fourth-order valence-electron chi connectivity index (χ4n) is 3.51. The molecule has 3 heterocycles. The topological polar surface area (TPSA) is 60.2 Å². The maximum atomic E-state index is 6.07. The summed E-state index contributed by atoms with van der Waals surface area (Å²) in [6.07, 6.45) is 7.33. The number of hydrogen-bond donors (Lipinski definition) is 2. The van der Waals surface area contributed by atoms with Gasteiger partial charge in [0.25, 0.3) is 0 Å². The van der Waals surface area contributed by atoms with E-state index in [9.17, 15) is 0 Å². The van der Waals surface area contributed by atoms with Gasteiger partial charge in [-0.05, 0) is 38.3 Å².